The molecule has 1 heterocycles. The van der Waals surface area contributed by atoms with E-state index in [2.05, 4.69) is 5.32 Å². The molecule has 1 unspecified atom stereocenters. The van der Waals surface area contributed by atoms with E-state index < -0.39 is 17.5 Å². The van der Waals surface area contributed by atoms with Gasteiger partial charge in [-0.05, 0) is 19.3 Å². The molecule has 0 radical (unpaired) electrons. The summed E-state index contributed by atoms with van der Waals surface area (Å²) in [5.74, 6) is -3.01. The SMILES string of the molecule is Fc1cc(F)c(F)c(NCCC2CCCO2)c1. The van der Waals surface area contributed by atoms with E-state index in [0.717, 1.165) is 25.5 Å². The van der Waals surface area contributed by atoms with E-state index in [1.165, 1.54) is 0 Å². The molecule has 0 saturated carbocycles. The van der Waals surface area contributed by atoms with E-state index in [1.54, 1.807) is 0 Å². The highest BCUT2D eigenvalue weighted by Gasteiger charge is 2.15. The fourth-order valence-corrected chi connectivity index (χ4v) is 1.92. The Morgan fingerprint density at radius 2 is 2.12 bits per heavy atom. The Labute approximate surface area is 97.8 Å². The standard InChI is InChI=1S/C12H14F3NO/c13-8-6-10(14)12(15)11(7-8)16-4-3-9-2-1-5-17-9/h6-7,9,16H,1-5H2. The lowest BCUT2D eigenvalue weighted by Gasteiger charge is -2.11. The molecule has 0 aliphatic carbocycles. The van der Waals surface area contributed by atoms with Crippen molar-refractivity contribution < 1.29 is 17.9 Å². The van der Waals surface area contributed by atoms with Crippen LogP contribution in [0.1, 0.15) is 19.3 Å². The summed E-state index contributed by atoms with van der Waals surface area (Å²) in [6, 6.07) is 1.48. The Morgan fingerprint density at radius 1 is 1.29 bits per heavy atom. The molecule has 17 heavy (non-hydrogen) atoms. The molecule has 1 atom stereocenters. The number of halogens is 3. The average molecular weight is 245 g/mol. The molecule has 2 nitrogen and oxygen atoms in total. The first-order valence-electron chi connectivity index (χ1n) is 5.67. The molecule has 1 aromatic carbocycles. The zero-order valence-electron chi connectivity index (χ0n) is 9.31. The monoisotopic (exact) mass is 245 g/mol. The van der Waals surface area contributed by atoms with Crippen LogP contribution in [0.15, 0.2) is 12.1 Å². The Kier molecular flexibility index (Phi) is 3.89. The number of rotatable bonds is 4. The molecular formula is C12H14F3NO. The summed E-state index contributed by atoms with van der Waals surface area (Å²) in [7, 11) is 0. The van der Waals surface area contributed by atoms with Crippen LogP contribution in [-0.4, -0.2) is 19.3 Å². The largest absolute Gasteiger partial charge is 0.382 e. The Morgan fingerprint density at radius 3 is 2.82 bits per heavy atom. The molecule has 1 aliphatic rings. The second-order valence-corrected chi connectivity index (χ2v) is 4.10. The van der Waals surface area contributed by atoms with Crippen LogP contribution in [0.3, 0.4) is 0 Å². The van der Waals surface area contributed by atoms with Gasteiger partial charge in [-0.15, -0.1) is 0 Å². The van der Waals surface area contributed by atoms with Gasteiger partial charge in [-0.2, -0.15) is 0 Å². The maximum Gasteiger partial charge on any atom is 0.182 e. The molecule has 1 fully saturated rings. The van der Waals surface area contributed by atoms with Crippen LogP contribution in [0.5, 0.6) is 0 Å². The van der Waals surface area contributed by atoms with Crippen molar-refractivity contribution in [2.24, 2.45) is 0 Å². The Bertz CT molecular complexity index is 392. The maximum atomic E-state index is 13.2. The van der Waals surface area contributed by atoms with Gasteiger partial charge < -0.3 is 10.1 Å². The van der Waals surface area contributed by atoms with Crippen molar-refractivity contribution in [3.8, 4) is 0 Å². The zero-order valence-corrected chi connectivity index (χ0v) is 9.31. The van der Waals surface area contributed by atoms with E-state index in [0.29, 0.717) is 19.0 Å². The fraction of sp³-hybridized carbons (Fsp3) is 0.500. The molecule has 0 amide bonds. The first-order valence-corrected chi connectivity index (χ1v) is 5.67. The molecule has 1 aliphatic heterocycles. The minimum Gasteiger partial charge on any atom is -0.382 e. The number of hydrogen-bond acceptors (Lipinski definition) is 2. The third-order valence-electron chi connectivity index (χ3n) is 2.80. The third-order valence-corrected chi connectivity index (χ3v) is 2.80. The van der Waals surface area contributed by atoms with Crippen molar-refractivity contribution in [3.63, 3.8) is 0 Å². The van der Waals surface area contributed by atoms with Gasteiger partial charge in [-0.1, -0.05) is 0 Å². The third kappa shape index (κ3) is 3.12. The highest BCUT2D eigenvalue weighted by atomic mass is 19.2. The van der Waals surface area contributed by atoms with Gasteiger partial charge in [0.15, 0.2) is 11.6 Å². The van der Waals surface area contributed by atoms with Crippen LogP contribution in [-0.2, 0) is 4.74 Å². The van der Waals surface area contributed by atoms with Gasteiger partial charge in [-0.25, -0.2) is 13.2 Å². The molecule has 5 heteroatoms. The molecule has 1 saturated heterocycles. The van der Waals surface area contributed by atoms with E-state index in [1.807, 2.05) is 0 Å². The molecule has 94 valence electrons. The van der Waals surface area contributed by atoms with E-state index in [4.69, 9.17) is 4.74 Å². The zero-order chi connectivity index (χ0) is 12.3. The lowest BCUT2D eigenvalue weighted by atomic mass is 10.2. The van der Waals surface area contributed by atoms with Crippen LogP contribution < -0.4 is 5.32 Å². The van der Waals surface area contributed by atoms with Crippen LogP contribution >= 0.6 is 0 Å². The fourth-order valence-electron chi connectivity index (χ4n) is 1.92. The number of nitrogens with one attached hydrogen (secondary N) is 1. The topological polar surface area (TPSA) is 21.3 Å². The number of ether oxygens (including phenoxy) is 1. The highest BCUT2D eigenvalue weighted by molar-refractivity contribution is 5.45. The molecule has 2 rings (SSSR count). The molecule has 1 N–H and O–H groups in total. The van der Waals surface area contributed by atoms with E-state index in [-0.39, 0.29) is 11.8 Å². The van der Waals surface area contributed by atoms with Gasteiger partial charge in [0.1, 0.15) is 5.82 Å². The van der Waals surface area contributed by atoms with Crippen LogP contribution in [0.4, 0.5) is 18.9 Å². The molecule has 0 spiro atoms. The van der Waals surface area contributed by atoms with Crippen LogP contribution in [0.2, 0.25) is 0 Å². The highest BCUT2D eigenvalue weighted by Crippen LogP contribution is 2.20. The minimum absolute atomic E-state index is 0.138. The molecule has 0 bridgehead atoms. The lowest BCUT2D eigenvalue weighted by Crippen LogP contribution is -2.13. The first kappa shape index (κ1) is 12.2. The van der Waals surface area contributed by atoms with Crippen molar-refractivity contribution in [2.45, 2.75) is 25.4 Å². The van der Waals surface area contributed by atoms with Gasteiger partial charge >= 0.3 is 0 Å². The van der Waals surface area contributed by atoms with Crippen LogP contribution in [0.25, 0.3) is 0 Å². The summed E-state index contributed by atoms with van der Waals surface area (Å²) in [4.78, 5) is 0. The molecule has 1 aromatic rings. The van der Waals surface area contributed by atoms with Gasteiger partial charge in [-0.3, -0.25) is 0 Å². The second kappa shape index (κ2) is 5.40. The van der Waals surface area contributed by atoms with Gasteiger partial charge in [0, 0.05) is 25.3 Å². The first-order chi connectivity index (χ1) is 8.16. The van der Waals surface area contributed by atoms with E-state index >= 15 is 0 Å². The summed E-state index contributed by atoms with van der Waals surface area (Å²) in [6.45, 7) is 1.19. The van der Waals surface area contributed by atoms with Crippen molar-refractivity contribution in [2.75, 3.05) is 18.5 Å². The summed E-state index contributed by atoms with van der Waals surface area (Å²) < 4.78 is 44.4. The van der Waals surface area contributed by atoms with E-state index in [9.17, 15) is 13.2 Å². The smallest absolute Gasteiger partial charge is 0.182 e. The van der Waals surface area contributed by atoms with Crippen molar-refractivity contribution in [1.29, 1.82) is 0 Å². The number of anilines is 1. The number of hydrogen-bond donors (Lipinski definition) is 1. The summed E-state index contributed by atoms with van der Waals surface area (Å²) in [6.07, 6.45) is 2.90. The number of benzene rings is 1. The molecular weight excluding hydrogens is 231 g/mol. The summed E-state index contributed by atoms with van der Waals surface area (Å²) in [5, 5.41) is 2.69. The van der Waals surface area contributed by atoms with Gasteiger partial charge in [0.2, 0.25) is 0 Å². The van der Waals surface area contributed by atoms with Gasteiger partial charge in [0.25, 0.3) is 0 Å². The predicted molar refractivity (Wildman–Crippen MR) is 58.4 cm³/mol. The normalized spacial score (nSPS) is 19.6. The van der Waals surface area contributed by atoms with Crippen molar-refractivity contribution >= 4 is 5.69 Å². The second-order valence-electron chi connectivity index (χ2n) is 4.10. The lowest BCUT2D eigenvalue weighted by molar-refractivity contribution is 0.107. The average Bonchev–Trinajstić information content (AvgIpc) is 2.78. The van der Waals surface area contributed by atoms with Crippen molar-refractivity contribution in [3.05, 3.63) is 29.6 Å². The molecule has 0 aromatic heterocycles. The Hall–Kier alpha value is -1.23. The minimum atomic E-state index is -1.18. The van der Waals surface area contributed by atoms with Gasteiger partial charge in [0.05, 0.1) is 11.8 Å². The van der Waals surface area contributed by atoms with Crippen LogP contribution in [0, 0.1) is 17.5 Å². The quantitative estimate of drug-likeness (QED) is 0.823. The maximum absolute atomic E-state index is 13.2. The van der Waals surface area contributed by atoms with Crippen molar-refractivity contribution in [1.82, 2.24) is 0 Å². The Balaban J connectivity index is 1.89. The summed E-state index contributed by atoms with van der Waals surface area (Å²) >= 11 is 0. The predicted octanol–water partition coefficient (Wildman–Crippen LogP) is 3.08. The summed E-state index contributed by atoms with van der Waals surface area (Å²) in [5.41, 5.74) is -0.138.